The van der Waals surface area contributed by atoms with Crippen LogP contribution in [-0.4, -0.2) is 18.3 Å². The van der Waals surface area contributed by atoms with Gasteiger partial charge in [0.25, 0.3) is 11.1 Å². The summed E-state index contributed by atoms with van der Waals surface area (Å²) >= 11 is 0.929. The van der Waals surface area contributed by atoms with Crippen molar-refractivity contribution in [3.8, 4) is 16.9 Å². The monoisotopic (exact) mass is 421 g/mol. The van der Waals surface area contributed by atoms with Crippen LogP contribution in [0.1, 0.15) is 57.2 Å². The highest BCUT2D eigenvalue weighted by molar-refractivity contribution is 8.18. The number of thioether (sulfide) groups is 1. The third-order valence-corrected chi connectivity index (χ3v) is 7.14. The highest BCUT2D eigenvalue weighted by Gasteiger charge is 2.37. The summed E-state index contributed by atoms with van der Waals surface area (Å²) in [7, 11) is 1.67. The molecule has 0 radical (unpaired) electrons. The van der Waals surface area contributed by atoms with Gasteiger partial charge in [-0.1, -0.05) is 52.0 Å². The molecule has 4 rings (SSSR count). The molecule has 2 aromatic rings. The molecule has 1 saturated heterocycles. The Hall–Kier alpha value is -2.53. The molecular weight excluding hydrogens is 394 g/mol. The summed E-state index contributed by atoms with van der Waals surface area (Å²) in [6.07, 6.45) is 4.08. The molecule has 2 aliphatic rings. The summed E-state index contributed by atoms with van der Waals surface area (Å²) in [5.74, 6) is 0.435. The summed E-state index contributed by atoms with van der Waals surface area (Å²) < 4.78 is 5.64. The minimum absolute atomic E-state index is 0.118. The van der Waals surface area contributed by atoms with E-state index in [4.69, 9.17) is 4.74 Å². The van der Waals surface area contributed by atoms with Gasteiger partial charge in [0.15, 0.2) is 0 Å². The Balaban J connectivity index is 1.82. The summed E-state index contributed by atoms with van der Waals surface area (Å²) in [6.45, 7) is 9.27. The van der Waals surface area contributed by atoms with Gasteiger partial charge in [0.1, 0.15) is 5.75 Å². The number of benzene rings is 2. The number of methoxy groups -OCH3 is 1. The zero-order valence-corrected chi connectivity index (χ0v) is 18.9. The second-order valence-electron chi connectivity index (χ2n) is 9.34. The number of hydrogen-bond donors (Lipinski definition) is 1. The van der Waals surface area contributed by atoms with Gasteiger partial charge in [0.05, 0.1) is 12.0 Å². The Morgan fingerprint density at radius 1 is 0.967 bits per heavy atom. The number of fused-ring (bicyclic) bond motifs is 1. The van der Waals surface area contributed by atoms with Gasteiger partial charge in [-0.15, -0.1) is 0 Å². The lowest BCUT2D eigenvalue weighted by molar-refractivity contribution is -0.115. The SMILES string of the molecule is COc1ccc(/C=C2/SC(=O)NC2=O)cc1-c1ccc2c(c1)C(C)(C)CCC2(C)C. The number of carbonyl (C=O) groups excluding carboxylic acids is 2. The van der Waals surface area contributed by atoms with Crippen molar-refractivity contribution in [2.45, 2.75) is 51.4 Å². The summed E-state index contributed by atoms with van der Waals surface area (Å²) in [5, 5.41) is 1.97. The van der Waals surface area contributed by atoms with Gasteiger partial charge in [-0.05, 0) is 75.9 Å². The number of amides is 2. The van der Waals surface area contributed by atoms with Crippen molar-refractivity contribution in [2.75, 3.05) is 7.11 Å². The molecule has 4 nitrogen and oxygen atoms in total. The van der Waals surface area contributed by atoms with E-state index in [1.807, 2.05) is 18.2 Å². The van der Waals surface area contributed by atoms with Gasteiger partial charge in [-0.3, -0.25) is 14.9 Å². The third kappa shape index (κ3) is 3.67. The van der Waals surface area contributed by atoms with Crippen LogP contribution in [0.25, 0.3) is 17.2 Å². The Morgan fingerprint density at radius 3 is 2.30 bits per heavy atom. The summed E-state index contributed by atoms with van der Waals surface area (Å²) in [5.41, 5.74) is 6.01. The first-order chi connectivity index (χ1) is 14.1. The molecule has 0 aromatic heterocycles. The fourth-order valence-corrected chi connectivity index (χ4v) is 5.05. The normalized spacial score (nSPS) is 20.8. The average molecular weight is 422 g/mol. The van der Waals surface area contributed by atoms with Crippen LogP contribution < -0.4 is 10.1 Å². The van der Waals surface area contributed by atoms with Gasteiger partial charge >= 0.3 is 0 Å². The topological polar surface area (TPSA) is 55.4 Å². The molecule has 2 aromatic carbocycles. The minimum atomic E-state index is -0.347. The van der Waals surface area contributed by atoms with Crippen molar-refractivity contribution in [1.82, 2.24) is 5.32 Å². The quantitative estimate of drug-likeness (QED) is 0.614. The van der Waals surface area contributed by atoms with E-state index in [1.54, 1.807) is 13.2 Å². The Morgan fingerprint density at radius 2 is 1.67 bits per heavy atom. The Kier molecular flexibility index (Phi) is 5.05. The molecule has 5 heteroatoms. The minimum Gasteiger partial charge on any atom is -0.496 e. The van der Waals surface area contributed by atoms with E-state index < -0.39 is 0 Å². The van der Waals surface area contributed by atoms with E-state index in [2.05, 4.69) is 51.2 Å². The van der Waals surface area contributed by atoms with E-state index >= 15 is 0 Å². The second-order valence-corrected chi connectivity index (χ2v) is 10.4. The van der Waals surface area contributed by atoms with Crippen LogP contribution in [0.15, 0.2) is 41.3 Å². The maximum atomic E-state index is 11.9. The van der Waals surface area contributed by atoms with Crippen LogP contribution in [-0.2, 0) is 15.6 Å². The van der Waals surface area contributed by atoms with Crippen molar-refractivity contribution < 1.29 is 14.3 Å². The molecule has 30 heavy (non-hydrogen) atoms. The molecule has 156 valence electrons. The molecule has 1 fully saturated rings. The zero-order valence-electron chi connectivity index (χ0n) is 18.1. The molecule has 1 N–H and O–H groups in total. The van der Waals surface area contributed by atoms with E-state index in [-0.39, 0.29) is 22.0 Å². The number of ether oxygens (including phenoxy) is 1. The highest BCUT2D eigenvalue weighted by atomic mass is 32.2. The van der Waals surface area contributed by atoms with Crippen molar-refractivity contribution in [3.05, 3.63) is 58.0 Å². The summed E-state index contributed by atoms with van der Waals surface area (Å²) in [6, 6.07) is 12.6. The molecule has 2 amide bonds. The fraction of sp³-hybridized carbons (Fsp3) is 0.360. The highest BCUT2D eigenvalue weighted by Crippen LogP contribution is 2.47. The average Bonchev–Trinajstić information content (AvgIpc) is 3.02. The molecule has 1 aliphatic heterocycles. The van der Waals surface area contributed by atoms with Gasteiger partial charge in [-0.25, -0.2) is 0 Å². The standard InChI is InChI=1S/C25H27NO3S/c1-24(2)10-11-25(3,4)19-14-16(7-8-18(19)24)17-12-15(6-9-20(17)29-5)13-21-22(27)26-23(28)30-21/h6-9,12-14H,10-11H2,1-5H3,(H,26,27,28)/b21-13+. The maximum absolute atomic E-state index is 11.9. The lowest BCUT2D eigenvalue weighted by Crippen LogP contribution is -2.33. The third-order valence-electron chi connectivity index (χ3n) is 6.33. The molecule has 0 atom stereocenters. The molecule has 0 unspecified atom stereocenters. The number of rotatable bonds is 3. The summed E-state index contributed by atoms with van der Waals surface area (Å²) in [4.78, 5) is 23.8. The first-order valence-corrected chi connectivity index (χ1v) is 11.0. The van der Waals surface area contributed by atoms with Gasteiger partial charge in [0, 0.05) is 5.56 Å². The number of nitrogens with one attached hydrogen (secondary N) is 1. The van der Waals surface area contributed by atoms with Gasteiger partial charge < -0.3 is 4.74 Å². The smallest absolute Gasteiger partial charge is 0.290 e. The molecule has 0 saturated carbocycles. The van der Waals surface area contributed by atoms with Crippen molar-refractivity contribution in [1.29, 1.82) is 0 Å². The maximum Gasteiger partial charge on any atom is 0.290 e. The molecule has 0 spiro atoms. The Labute approximate surface area is 182 Å². The number of carbonyl (C=O) groups is 2. The molecule has 1 aliphatic carbocycles. The Bertz CT molecular complexity index is 1080. The van der Waals surface area contributed by atoms with Crippen LogP contribution in [0.2, 0.25) is 0 Å². The van der Waals surface area contributed by atoms with E-state index in [1.165, 1.54) is 17.5 Å². The van der Waals surface area contributed by atoms with E-state index in [0.29, 0.717) is 4.91 Å². The first kappa shape index (κ1) is 20.7. The number of imide groups is 1. The van der Waals surface area contributed by atoms with Crippen molar-refractivity contribution in [2.24, 2.45) is 0 Å². The largest absolute Gasteiger partial charge is 0.496 e. The zero-order chi connectivity index (χ0) is 21.7. The van der Waals surface area contributed by atoms with Crippen LogP contribution in [0.3, 0.4) is 0 Å². The van der Waals surface area contributed by atoms with E-state index in [0.717, 1.165) is 40.6 Å². The number of hydrogen-bond acceptors (Lipinski definition) is 4. The molecule has 1 heterocycles. The molecular formula is C25H27NO3S. The van der Waals surface area contributed by atoms with Crippen LogP contribution in [0.5, 0.6) is 5.75 Å². The molecule has 0 bridgehead atoms. The predicted octanol–water partition coefficient (Wildman–Crippen LogP) is 6.04. The predicted molar refractivity (Wildman–Crippen MR) is 123 cm³/mol. The van der Waals surface area contributed by atoms with Crippen molar-refractivity contribution >= 4 is 29.0 Å². The lowest BCUT2D eigenvalue weighted by Gasteiger charge is -2.42. The van der Waals surface area contributed by atoms with Gasteiger partial charge in [0.2, 0.25) is 0 Å². The van der Waals surface area contributed by atoms with Gasteiger partial charge in [-0.2, -0.15) is 0 Å². The first-order valence-electron chi connectivity index (χ1n) is 10.2. The van der Waals surface area contributed by atoms with Crippen LogP contribution >= 0.6 is 11.8 Å². The van der Waals surface area contributed by atoms with Crippen LogP contribution in [0.4, 0.5) is 4.79 Å². The van der Waals surface area contributed by atoms with Crippen LogP contribution in [0, 0.1) is 0 Å². The second kappa shape index (κ2) is 7.31. The lowest BCUT2D eigenvalue weighted by atomic mass is 9.63. The van der Waals surface area contributed by atoms with Crippen molar-refractivity contribution in [3.63, 3.8) is 0 Å². The van der Waals surface area contributed by atoms with E-state index in [9.17, 15) is 9.59 Å². The fourth-order valence-electron chi connectivity index (χ4n) is 4.37.